The Bertz CT molecular complexity index is 418. The molecular formula is C14H22N4. The summed E-state index contributed by atoms with van der Waals surface area (Å²) in [6.07, 6.45) is 10.1. The van der Waals surface area contributed by atoms with E-state index in [2.05, 4.69) is 15.3 Å². The second kappa shape index (κ2) is 5.22. The molecule has 4 nitrogen and oxygen atoms in total. The van der Waals surface area contributed by atoms with Crippen molar-refractivity contribution in [3.8, 4) is 0 Å². The van der Waals surface area contributed by atoms with Gasteiger partial charge in [0.15, 0.2) is 0 Å². The lowest BCUT2D eigenvalue weighted by atomic mass is 9.96. The van der Waals surface area contributed by atoms with Crippen LogP contribution in [0.4, 0.5) is 5.82 Å². The smallest absolute Gasteiger partial charge is 0.132 e. The number of aromatic nitrogens is 2. The largest absolute Gasteiger partial charge is 0.369 e. The molecule has 1 saturated carbocycles. The Kier molecular flexibility index (Phi) is 3.46. The lowest BCUT2D eigenvalue weighted by molar-refractivity contribution is 0.563. The Labute approximate surface area is 108 Å². The second-order valence-electron chi connectivity index (χ2n) is 5.67. The van der Waals surface area contributed by atoms with E-state index >= 15 is 0 Å². The molecule has 4 heteroatoms. The predicted molar refractivity (Wildman–Crippen MR) is 72.5 cm³/mol. The lowest BCUT2D eigenvalue weighted by Crippen LogP contribution is -2.19. The molecule has 98 valence electrons. The third-order valence-electron chi connectivity index (χ3n) is 4.26. The number of nitrogens with two attached hydrogens (primary N) is 1. The number of rotatable bonds is 3. The van der Waals surface area contributed by atoms with E-state index in [1.807, 2.05) is 0 Å². The van der Waals surface area contributed by atoms with E-state index in [4.69, 9.17) is 5.73 Å². The Morgan fingerprint density at radius 3 is 2.94 bits per heavy atom. The van der Waals surface area contributed by atoms with Crippen molar-refractivity contribution in [2.24, 2.45) is 11.7 Å². The molecule has 3 rings (SSSR count). The highest BCUT2D eigenvalue weighted by molar-refractivity contribution is 5.46. The van der Waals surface area contributed by atoms with Crippen LogP contribution in [0.15, 0.2) is 6.33 Å². The van der Waals surface area contributed by atoms with Gasteiger partial charge in [0.2, 0.25) is 0 Å². The molecule has 18 heavy (non-hydrogen) atoms. The minimum atomic E-state index is 0.413. The van der Waals surface area contributed by atoms with Crippen molar-refractivity contribution in [3.05, 3.63) is 17.6 Å². The van der Waals surface area contributed by atoms with Crippen LogP contribution < -0.4 is 11.1 Å². The average molecular weight is 246 g/mol. The quantitative estimate of drug-likeness (QED) is 0.855. The summed E-state index contributed by atoms with van der Waals surface area (Å²) in [4.78, 5) is 8.82. The molecule has 1 heterocycles. The minimum absolute atomic E-state index is 0.413. The van der Waals surface area contributed by atoms with Gasteiger partial charge >= 0.3 is 0 Å². The van der Waals surface area contributed by atoms with E-state index in [0.29, 0.717) is 12.0 Å². The van der Waals surface area contributed by atoms with E-state index in [0.717, 1.165) is 31.6 Å². The van der Waals surface area contributed by atoms with E-state index in [1.165, 1.54) is 36.9 Å². The van der Waals surface area contributed by atoms with E-state index in [1.54, 1.807) is 6.33 Å². The molecule has 2 unspecified atom stereocenters. The molecular weight excluding hydrogens is 224 g/mol. The number of aryl methyl sites for hydroxylation is 1. The summed E-state index contributed by atoms with van der Waals surface area (Å²) in [5.41, 5.74) is 8.56. The van der Waals surface area contributed by atoms with Crippen LogP contribution in [0.1, 0.15) is 43.4 Å². The SMILES string of the molecule is NC1CCC(CNc2ncnc3c2CCCC3)C1. The van der Waals surface area contributed by atoms with Crippen LogP contribution in [0.3, 0.4) is 0 Å². The summed E-state index contributed by atoms with van der Waals surface area (Å²) in [5, 5.41) is 3.53. The highest BCUT2D eigenvalue weighted by atomic mass is 15.0. The summed E-state index contributed by atoms with van der Waals surface area (Å²) in [7, 11) is 0. The molecule has 1 aromatic rings. The summed E-state index contributed by atoms with van der Waals surface area (Å²) < 4.78 is 0. The van der Waals surface area contributed by atoms with Gasteiger partial charge in [-0.25, -0.2) is 9.97 Å². The van der Waals surface area contributed by atoms with Crippen LogP contribution in [0, 0.1) is 5.92 Å². The summed E-state index contributed by atoms with van der Waals surface area (Å²) in [5.74, 6) is 1.79. The zero-order valence-corrected chi connectivity index (χ0v) is 10.9. The van der Waals surface area contributed by atoms with Crippen molar-refractivity contribution in [1.82, 2.24) is 9.97 Å². The fraction of sp³-hybridized carbons (Fsp3) is 0.714. The number of hydrogen-bond donors (Lipinski definition) is 2. The Hall–Kier alpha value is -1.16. The van der Waals surface area contributed by atoms with Crippen molar-refractivity contribution in [2.45, 2.75) is 51.0 Å². The van der Waals surface area contributed by atoms with E-state index in [-0.39, 0.29) is 0 Å². The van der Waals surface area contributed by atoms with Gasteiger partial charge in [-0.3, -0.25) is 0 Å². The zero-order chi connectivity index (χ0) is 12.4. The van der Waals surface area contributed by atoms with Gasteiger partial charge in [0.25, 0.3) is 0 Å². The summed E-state index contributed by atoms with van der Waals surface area (Å²) in [6.45, 7) is 1.01. The number of hydrogen-bond acceptors (Lipinski definition) is 4. The van der Waals surface area contributed by atoms with Crippen molar-refractivity contribution in [1.29, 1.82) is 0 Å². The van der Waals surface area contributed by atoms with Gasteiger partial charge < -0.3 is 11.1 Å². The first-order chi connectivity index (χ1) is 8.83. The molecule has 0 radical (unpaired) electrons. The third-order valence-corrected chi connectivity index (χ3v) is 4.26. The Morgan fingerprint density at radius 1 is 1.22 bits per heavy atom. The molecule has 0 bridgehead atoms. The topological polar surface area (TPSA) is 63.8 Å². The van der Waals surface area contributed by atoms with Gasteiger partial charge in [0, 0.05) is 23.8 Å². The van der Waals surface area contributed by atoms with Crippen molar-refractivity contribution in [2.75, 3.05) is 11.9 Å². The standard InChI is InChI=1S/C14H22N4/c15-11-6-5-10(7-11)8-16-14-12-3-1-2-4-13(12)17-9-18-14/h9-11H,1-8,15H2,(H,16,17,18). The molecule has 2 atom stereocenters. The maximum Gasteiger partial charge on any atom is 0.132 e. The molecule has 0 saturated heterocycles. The maximum atomic E-state index is 5.95. The van der Waals surface area contributed by atoms with Gasteiger partial charge in [-0.2, -0.15) is 0 Å². The summed E-state index contributed by atoms with van der Waals surface area (Å²) in [6, 6.07) is 0.413. The Balaban J connectivity index is 1.65. The molecule has 0 amide bonds. The van der Waals surface area contributed by atoms with Crippen LogP contribution in [-0.4, -0.2) is 22.6 Å². The van der Waals surface area contributed by atoms with Gasteiger partial charge in [0.05, 0.1) is 0 Å². The first-order valence-electron chi connectivity index (χ1n) is 7.15. The predicted octanol–water partition coefficient (Wildman–Crippen LogP) is 1.89. The monoisotopic (exact) mass is 246 g/mol. The molecule has 2 aliphatic carbocycles. The van der Waals surface area contributed by atoms with Crippen LogP contribution in [0.2, 0.25) is 0 Å². The molecule has 1 fully saturated rings. The second-order valence-corrected chi connectivity index (χ2v) is 5.67. The van der Waals surface area contributed by atoms with Crippen LogP contribution in [0.25, 0.3) is 0 Å². The van der Waals surface area contributed by atoms with Crippen molar-refractivity contribution in [3.63, 3.8) is 0 Å². The fourth-order valence-electron chi connectivity index (χ4n) is 3.21. The van der Waals surface area contributed by atoms with Crippen LogP contribution in [-0.2, 0) is 12.8 Å². The minimum Gasteiger partial charge on any atom is -0.369 e. The molecule has 0 aliphatic heterocycles. The maximum absolute atomic E-state index is 5.95. The average Bonchev–Trinajstić information content (AvgIpc) is 2.82. The first kappa shape index (κ1) is 11.9. The summed E-state index contributed by atoms with van der Waals surface area (Å²) >= 11 is 0. The molecule has 0 aromatic carbocycles. The van der Waals surface area contributed by atoms with Gasteiger partial charge in [0.1, 0.15) is 12.1 Å². The molecule has 3 N–H and O–H groups in total. The normalized spacial score (nSPS) is 26.9. The number of nitrogens with zero attached hydrogens (tertiary/aromatic N) is 2. The van der Waals surface area contributed by atoms with Gasteiger partial charge in [-0.1, -0.05) is 0 Å². The van der Waals surface area contributed by atoms with Crippen LogP contribution >= 0.6 is 0 Å². The first-order valence-corrected chi connectivity index (χ1v) is 7.15. The third kappa shape index (κ3) is 2.48. The number of nitrogens with one attached hydrogen (secondary N) is 1. The zero-order valence-electron chi connectivity index (χ0n) is 10.9. The highest BCUT2D eigenvalue weighted by Crippen LogP contribution is 2.27. The van der Waals surface area contributed by atoms with Gasteiger partial charge in [-0.15, -0.1) is 0 Å². The Morgan fingerprint density at radius 2 is 2.11 bits per heavy atom. The van der Waals surface area contributed by atoms with Gasteiger partial charge in [-0.05, 0) is 50.9 Å². The van der Waals surface area contributed by atoms with Crippen molar-refractivity contribution >= 4 is 5.82 Å². The lowest BCUT2D eigenvalue weighted by Gasteiger charge is -2.19. The fourth-order valence-corrected chi connectivity index (χ4v) is 3.21. The van der Waals surface area contributed by atoms with E-state index in [9.17, 15) is 0 Å². The van der Waals surface area contributed by atoms with Crippen LogP contribution in [0.5, 0.6) is 0 Å². The highest BCUT2D eigenvalue weighted by Gasteiger charge is 2.22. The van der Waals surface area contributed by atoms with E-state index < -0.39 is 0 Å². The number of anilines is 1. The van der Waals surface area contributed by atoms with Crippen molar-refractivity contribution < 1.29 is 0 Å². The molecule has 0 spiro atoms. The molecule has 1 aromatic heterocycles. The number of fused-ring (bicyclic) bond motifs is 1. The molecule has 2 aliphatic rings.